The molecule has 0 unspecified atom stereocenters. The molecule has 0 aliphatic carbocycles. The normalized spacial score (nSPS) is 10.1. The SMILES string of the molecule is COc1ccc(CBr)c(OCc2ccccc2)c1. The number of alkyl halides is 1. The van der Waals surface area contributed by atoms with Gasteiger partial charge in [-0.05, 0) is 11.6 Å². The second-order valence-corrected chi connectivity index (χ2v) is 4.44. The van der Waals surface area contributed by atoms with Crippen LogP contribution >= 0.6 is 15.9 Å². The van der Waals surface area contributed by atoms with E-state index < -0.39 is 0 Å². The number of halogens is 1. The Labute approximate surface area is 116 Å². The molecule has 2 aromatic carbocycles. The maximum atomic E-state index is 5.85. The van der Waals surface area contributed by atoms with Gasteiger partial charge in [-0.25, -0.2) is 0 Å². The first-order valence-electron chi connectivity index (χ1n) is 5.73. The maximum absolute atomic E-state index is 5.85. The van der Waals surface area contributed by atoms with Crippen LogP contribution in [0.4, 0.5) is 0 Å². The smallest absolute Gasteiger partial charge is 0.127 e. The Morgan fingerprint density at radius 3 is 2.50 bits per heavy atom. The zero-order valence-electron chi connectivity index (χ0n) is 10.2. The van der Waals surface area contributed by atoms with Gasteiger partial charge < -0.3 is 9.47 Å². The highest BCUT2D eigenvalue weighted by molar-refractivity contribution is 9.08. The van der Waals surface area contributed by atoms with E-state index >= 15 is 0 Å². The molecule has 2 rings (SSSR count). The van der Waals surface area contributed by atoms with Gasteiger partial charge in [0.1, 0.15) is 18.1 Å². The first-order valence-corrected chi connectivity index (χ1v) is 6.85. The summed E-state index contributed by atoms with van der Waals surface area (Å²) < 4.78 is 11.1. The minimum absolute atomic E-state index is 0.563. The van der Waals surface area contributed by atoms with Crippen molar-refractivity contribution in [3.63, 3.8) is 0 Å². The summed E-state index contributed by atoms with van der Waals surface area (Å²) in [6.45, 7) is 0.563. The van der Waals surface area contributed by atoms with E-state index in [4.69, 9.17) is 9.47 Å². The van der Waals surface area contributed by atoms with Gasteiger partial charge in [0, 0.05) is 17.0 Å². The summed E-state index contributed by atoms with van der Waals surface area (Å²) >= 11 is 3.46. The Kier molecular flexibility index (Phi) is 4.65. The van der Waals surface area contributed by atoms with Gasteiger partial charge in [0.15, 0.2) is 0 Å². The first-order chi connectivity index (χ1) is 8.83. The molecule has 0 amide bonds. The quantitative estimate of drug-likeness (QED) is 0.772. The van der Waals surface area contributed by atoms with Crippen molar-refractivity contribution >= 4 is 15.9 Å². The molecule has 0 aliphatic heterocycles. The van der Waals surface area contributed by atoms with Gasteiger partial charge in [-0.3, -0.25) is 0 Å². The highest BCUT2D eigenvalue weighted by Gasteiger charge is 2.05. The molecule has 0 bridgehead atoms. The van der Waals surface area contributed by atoms with E-state index in [0.29, 0.717) is 6.61 Å². The van der Waals surface area contributed by atoms with Crippen LogP contribution in [-0.4, -0.2) is 7.11 Å². The third kappa shape index (κ3) is 3.26. The summed E-state index contributed by atoms with van der Waals surface area (Å²) in [4.78, 5) is 0. The lowest BCUT2D eigenvalue weighted by molar-refractivity contribution is 0.301. The Balaban J connectivity index is 2.12. The van der Waals surface area contributed by atoms with Crippen LogP contribution in [0.1, 0.15) is 11.1 Å². The predicted octanol–water partition coefficient (Wildman–Crippen LogP) is 4.17. The van der Waals surface area contributed by atoms with E-state index in [1.165, 1.54) is 0 Å². The molecule has 0 aromatic heterocycles. The Bertz CT molecular complexity index is 497. The molecular weight excluding hydrogens is 292 g/mol. The van der Waals surface area contributed by atoms with Gasteiger partial charge in [-0.1, -0.05) is 52.3 Å². The van der Waals surface area contributed by atoms with E-state index in [0.717, 1.165) is 28.0 Å². The fourth-order valence-corrected chi connectivity index (χ4v) is 2.11. The summed E-state index contributed by atoms with van der Waals surface area (Å²) in [5.41, 5.74) is 2.27. The molecule has 94 valence electrons. The molecular formula is C15H15BrO2. The van der Waals surface area contributed by atoms with Gasteiger partial charge in [-0.15, -0.1) is 0 Å². The van der Waals surface area contributed by atoms with Crippen molar-refractivity contribution in [2.24, 2.45) is 0 Å². The van der Waals surface area contributed by atoms with E-state index in [9.17, 15) is 0 Å². The van der Waals surface area contributed by atoms with Crippen LogP contribution < -0.4 is 9.47 Å². The van der Waals surface area contributed by atoms with E-state index in [1.807, 2.05) is 48.5 Å². The molecule has 0 saturated carbocycles. The summed E-state index contributed by atoms with van der Waals surface area (Å²) in [7, 11) is 1.66. The van der Waals surface area contributed by atoms with Gasteiger partial charge in [0.05, 0.1) is 7.11 Å². The lowest BCUT2D eigenvalue weighted by atomic mass is 10.2. The average Bonchev–Trinajstić information content (AvgIpc) is 2.45. The highest BCUT2D eigenvalue weighted by atomic mass is 79.9. The van der Waals surface area contributed by atoms with Crippen molar-refractivity contribution in [3.8, 4) is 11.5 Å². The molecule has 0 atom stereocenters. The Morgan fingerprint density at radius 2 is 1.83 bits per heavy atom. The van der Waals surface area contributed by atoms with E-state index in [1.54, 1.807) is 7.11 Å². The van der Waals surface area contributed by atoms with Crippen LogP contribution in [0.3, 0.4) is 0 Å². The Hall–Kier alpha value is -1.48. The minimum atomic E-state index is 0.563. The molecule has 0 saturated heterocycles. The zero-order chi connectivity index (χ0) is 12.8. The summed E-state index contributed by atoms with van der Waals surface area (Å²) in [6.07, 6.45) is 0. The molecule has 0 N–H and O–H groups in total. The second kappa shape index (κ2) is 6.45. The van der Waals surface area contributed by atoms with Crippen molar-refractivity contribution in [1.82, 2.24) is 0 Å². The largest absolute Gasteiger partial charge is 0.497 e. The molecule has 0 spiro atoms. The van der Waals surface area contributed by atoms with Crippen molar-refractivity contribution in [2.45, 2.75) is 11.9 Å². The Morgan fingerprint density at radius 1 is 1.06 bits per heavy atom. The number of hydrogen-bond donors (Lipinski definition) is 0. The first kappa shape index (κ1) is 13.0. The number of methoxy groups -OCH3 is 1. The fraction of sp³-hybridized carbons (Fsp3) is 0.200. The molecule has 0 aliphatic rings. The van der Waals surface area contributed by atoms with Gasteiger partial charge in [-0.2, -0.15) is 0 Å². The second-order valence-electron chi connectivity index (χ2n) is 3.88. The van der Waals surface area contributed by atoms with Crippen LogP contribution in [0, 0.1) is 0 Å². The average molecular weight is 307 g/mol. The predicted molar refractivity (Wildman–Crippen MR) is 76.4 cm³/mol. The third-order valence-electron chi connectivity index (χ3n) is 2.66. The monoisotopic (exact) mass is 306 g/mol. The van der Waals surface area contributed by atoms with E-state index in [-0.39, 0.29) is 0 Å². The van der Waals surface area contributed by atoms with E-state index in [2.05, 4.69) is 15.9 Å². The molecule has 2 aromatic rings. The number of rotatable bonds is 5. The highest BCUT2D eigenvalue weighted by Crippen LogP contribution is 2.27. The lowest BCUT2D eigenvalue weighted by Gasteiger charge is -2.11. The van der Waals surface area contributed by atoms with Gasteiger partial charge in [0.2, 0.25) is 0 Å². The van der Waals surface area contributed by atoms with Gasteiger partial charge in [0.25, 0.3) is 0 Å². The van der Waals surface area contributed by atoms with Crippen molar-refractivity contribution in [2.75, 3.05) is 7.11 Å². The molecule has 18 heavy (non-hydrogen) atoms. The zero-order valence-corrected chi connectivity index (χ0v) is 11.8. The van der Waals surface area contributed by atoms with Crippen LogP contribution in [-0.2, 0) is 11.9 Å². The molecule has 3 heteroatoms. The van der Waals surface area contributed by atoms with Crippen LogP contribution in [0.25, 0.3) is 0 Å². The summed E-state index contributed by atoms with van der Waals surface area (Å²) in [5, 5.41) is 0.765. The molecule has 2 nitrogen and oxygen atoms in total. The maximum Gasteiger partial charge on any atom is 0.127 e. The molecule has 0 fully saturated rings. The van der Waals surface area contributed by atoms with Crippen LogP contribution in [0.2, 0.25) is 0 Å². The number of benzene rings is 2. The summed E-state index contributed by atoms with van der Waals surface area (Å²) in [6, 6.07) is 16.0. The molecule has 0 heterocycles. The topological polar surface area (TPSA) is 18.5 Å². The number of hydrogen-bond acceptors (Lipinski definition) is 2. The summed E-state index contributed by atoms with van der Waals surface area (Å²) in [5.74, 6) is 1.66. The van der Waals surface area contributed by atoms with Crippen LogP contribution in [0.15, 0.2) is 48.5 Å². The molecule has 0 radical (unpaired) electrons. The van der Waals surface area contributed by atoms with Crippen molar-refractivity contribution in [3.05, 3.63) is 59.7 Å². The number of ether oxygens (including phenoxy) is 2. The fourth-order valence-electron chi connectivity index (χ4n) is 1.64. The van der Waals surface area contributed by atoms with Crippen molar-refractivity contribution in [1.29, 1.82) is 0 Å². The minimum Gasteiger partial charge on any atom is -0.497 e. The van der Waals surface area contributed by atoms with Crippen LogP contribution in [0.5, 0.6) is 11.5 Å². The lowest BCUT2D eigenvalue weighted by Crippen LogP contribution is -1.98. The third-order valence-corrected chi connectivity index (χ3v) is 3.26. The standard InChI is InChI=1S/C15H15BrO2/c1-17-14-8-7-13(10-16)15(9-14)18-11-12-5-3-2-4-6-12/h2-9H,10-11H2,1H3. The van der Waals surface area contributed by atoms with Gasteiger partial charge >= 0.3 is 0 Å². The van der Waals surface area contributed by atoms with Crippen molar-refractivity contribution < 1.29 is 9.47 Å².